The van der Waals surface area contributed by atoms with Gasteiger partial charge in [-0.1, -0.05) is 15.9 Å². The number of nitrogens with zero attached hydrogens (tertiary/aromatic N) is 1. The predicted molar refractivity (Wildman–Crippen MR) is 70.1 cm³/mol. The van der Waals surface area contributed by atoms with Crippen LogP contribution in [-0.4, -0.2) is 47.9 Å². The fraction of sp³-hybridized carbons (Fsp3) is 0.500. The summed E-state index contributed by atoms with van der Waals surface area (Å²) in [5, 5.41) is 22.7. The average Bonchev–Trinajstić information content (AvgIpc) is 2.36. The van der Waals surface area contributed by atoms with E-state index in [9.17, 15) is 10.2 Å². The maximum Gasteiger partial charge on any atom is 0.120 e. The third-order valence-corrected chi connectivity index (χ3v) is 3.61. The fourth-order valence-corrected chi connectivity index (χ4v) is 2.58. The fourth-order valence-electron chi connectivity index (χ4n) is 2.20. The lowest BCUT2D eigenvalue weighted by Gasteiger charge is -2.34. The van der Waals surface area contributed by atoms with E-state index in [-0.39, 0.29) is 18.4 Å². The Morgan fingerprint density at radius 2 is 2.06 bits per heavy atom. The number of aliphatic hydroxyl groups excluding tert-OH is 1. The molecule has 3 N–H and O–H groups in total. The molecule has 0 aliphatic carbocycles. The van der Waals surface area contributed by atoms with Gasteiger partial charge in [-0.3, -0.25) is 4.90 Å². The first-order valence-corrected chi connectivity index (χ1v) is 6.55. The first-order valence-electron chi connectivity index (χ1n) is 5.76. The van der Waals surface area contributed by atoms with Gasteiger partial charge in [0, 0.05) is 36.2 Å². The van der Waals surface area contributed by atoms with E-state index in [1.54, 1.807) is 12.1 Å². The highest BCUT2D eigenvalue weighted by atomic mass is 79.9. The molecule has 0 unspecified atom stereocenters. The van der Waals surface area contributed by atoms with Crippen molar-refractivity contribution in [2.24, 2.45) is 0 Å². The number of aromatic hydroxyl groups is 1. The van der Waals surface area contributed by atoms with Crippen LogP contribution in [0.5, 0.6) is 5.75 Å². The van der Waals surface area contributed by atoms with E-state index >= 15 is 0 Å². The van der Waals surface area contributed by atoms with Crippen LogP contribution in [0.4, 0.5) is 0 Å². The molecule has 1 heterocycles. The molecular weight excluding hydrogens is 284 g/mol. The predicted octanol–water partition coefficient (Wildman–Crippen LogP) is 1.09. The quantitative estimate of drug-likeness (QED) is 0.782. The Labute approximate surface area is 109 Å². The second kappa shape index (κ2) is 5.82. The molecule has 0 radical (unpaired) electrons. The second-order valence-electron chi connectivity index (χ2n) is 4.19. The van der Waals surface area contributed by atoms with Crippen molar-refractivity contribution in [3.63, 3.8) is 0 Å². The van der Waals surface area contributed by atoms with Gasteiger partial charge in [0.25, 0.3) is 0 Å². The number of phenolic OH excluding ortho intramolecular Hbond substituents is 1. The van der Waals surface area contributed by atoms with Crippen LogP contribution in [0.15, 0.2) is 22.7 Å². The van der Waals surface area contributed by atoms with Gasteiger partial charge in [0.1, 0.15) is 5.75 Å². The summed E-state index contributed by atoms with van der Waals surface area (Å²) in [4.78, 5) is 2.19. The molecule has 1 aromatic carbocycles. The van der Waals surface area contributed by atoms with Crippen molar-refractivity contribution in [2.45, 2.75) is 6.04 Å². The van der Waals surface area contributed by atoms with Crippen LogP contribution < -0.4 is 5.32 Å². The highest BCUT2D eigenvalue weighted by molar-refractivity contribution is 9.10. The minimum absolute atomic E-state index is 0.0179. The molecule has 0 spiro atoms. The molecule has 1 atom stereocenters. The van der Waals surface area contributed by atoms with Crippen LogP contribution in [0, 0.1) is 0 Å². The van der Waals surface area contributed by atoms with E-state index in [1.807, 2.05) is 6.07 Å². The van der Waals surface area contributed by atoms with Gasteiger partial charge in [0.15, 0.2) is 0 Å². The average molecular weight is 301 g/mol. The Balaban J connectivity index is 2.24. The van der Waals surface area contributed by atoms with E-state index in [0.29, 0.717) is 0 Å². The molecule has 1 aromatic rings. The van der Waals surface area contributed by atoms with Crippen LogP contribution in [0.2, 0.25) is 0 Å². The van der Waals surface area contributed by atoms with Gasteiger partial charge in [-0.2, -0.15) is 0 Å². The standard InChI is InChI=1S/C12H17BrN2O2/c13-9-1-2-12(17)10(7-9)11(8-16)15-5-3-14-4-6-15/h1-2,7,11,14,16-17H,3-6,8H2/t11-/m1/s1. The molecular formula is C12H17BrN2O2. The molecule has 2 rings (SSSR count). The SMILES string of the molecule is OC[C@H](c1cc(Br)ccc1O)N1CCNCC1. The van der Waals surface area contributed by atoms with Crippen LogP contribution in [0.25, 0.3) is 0 Å². The number of rotatable bonds is 3. The van der Waals surface area contributed by atoms with Gasteiger partial charge < -0.3 is 15.5 Å². The molecule has 1 aliphatic heterocycles. The molecule has 1 saturated heterocycles. The molecule has 94 valence electrons. The van der Waals surface area contributed by atoms with Crippen LogP contribution in [0.1, 0.15) is 11.6 Å². The van der Waals surface area contributed by atoms with Gasteiger partial charge in [-0.15, -0.1) is 0 Å². The number of aliphatic hydroxyl groups is 1. The molecule has 0 amide bonds. The summed E-state index contributed by atoms with van der Waals surface area (Å²) in [5.74, 6) is 0.241. The molecule has 1 aliphatic rings. The molecule has 4 nitrogen and oxygen atoms in total. The van der Waals surface area contributed by atoms with Gasteiger partial charge in [-0.05, 0) is 18.2 Å². The van der Waals surface area contributed by atoms with Crippen LogP contribution in [0.3, 0.4) is 0 Å². The number of hydrogen-bond acceptors (Lipinski definition) is 4. The first kappa shape index (κ1) is 12.8. The number of hydrogen-bond donors (Lipinski definition) is 3. The van der Waals surface area contributed by atoms with Crippen LogP contribution in [-0.2, 0) is 0 Å². The number of halogens is 1. The zero-order valence-electron chi connectivity index (χ0n) is 9.56. The van der Waals surface area contributed by atoms with E-state index in [0.717, 1.165) is 36.2 Å². The molecule has 5 heteroatoms. The number of phenols is 1. The minimum atomic E-state index is -0.130. The van der Waals surface area contributed by atoms with Crippen molar-refractivity contribution in [1.29, 1.82) is 0 Å². The lowest BCUT2D eigenvalue weighted by atomic mass is 10.0. The monoisotopic (exact) mass is 300 g/mol. The normalized spacial score (nSPS) is 19.2. The first-order chi connectivity index (χ1) is 8.22. The van der Waals surface area contributed by atoms with Crippen molar-refractivity contribution in [3.05, 3.63) is 28.2 Å². The Morgan fingerprint density at radius 3 is 2.71 bits per heavy atom. The van der Waals surface area contributed by atoms with Crippen molar-refractivity contribution in [3.8, 4) is 5.75 Å². The van der Waals surface area contributed by atoms with E-state index in [2.05, 4.69) is 26.1 Å². The van der Waals surface area contributed by atoms with Crippen molar-refractivity contribution in [2.75, 3.05) is 32.8 Å². The number of piperazine rings is 1. The third kappa shape index (κ3) is 2.98. The number of benzene rings is 1. The summed E-state index contributed by atoms with van der Waals surface area (Å²) >= 11 is 3.39. The van der Waals surface area contributed by atoms with E-state index < -0.39 is 0 Å². The minimum Gasteiger partial charge on any atom is -0.508 e. The molecule has 1 fully saturated rings. The topological polar surface area (TPSA) is 55.7 Å². The summed E-state index contributed by atoms with van der Waals surface area (Å²) in [6, 6.07) is 5.20. The zero-order chi connectivity index (χ0) is 12.3. The maximum absolute atomic E-state index is 9.89. The Bertz CT molecular complexity index is 381. The molecule has 0 bridgehead atoms. The van der Waals surface area contributed by atoms with Gasteiger partial charge in [0.05, 0.1) is 12.6 Å². The van der Waals surface area contributed by atoms with Crippen molar-refractivity contribution >= 4 is 15.9 Å². The lowest BCUT2D eigenvalue weighted by Crippen LogP contribution is -2.46. The maximum atomic E-state index is 9.89. The highest BCUT2D eigenvalue weighted by Gasteiger charge is 2.23. The van der Waals surface area contributed by atoms with Crippen molar-refractivity contribution in [1.82, 2.24) is 10.2 Å². The lowest BCUT2D eigenvalue weighted by molar-refractivity contribution is 0.109. The Morgan fingerprint density at radius 1 is 1.35 bits per heavy atom. The molecule has 0 aromatic heterocycles. The smallest absolute Gasteiger partial charge is 0.120 e. The summed E-state index contributed by atoms with van der Waals surface area (Å²) in [7, 11) is 0. The Hall–Kier alpha value is -0.620. The third-order valence-electron chi connectivity index (χ3n) is 3.11. The number of nitrogens with one attached hydrogen (secondary N) is 1. The van der Waals surface area contributed by atoms with Crippen LogP contribution >= 0.6 is 15.9 Å². The Kier molecular flexibility index (Phi) is 4.39. The largest absolute Gasteiger partial charge is 0.508 e. The van der Waals surface area contributed by atoms with E-state index in [4.69, 9.17) is 0 Å². The van der Waals surface area contributed by atoms with Gasteiger partial charge in [-0.25, -0.2) is 0 Å². The van der Waals surface area contributed by atoms with E-state index in [1.165, 1.54) is 0 Å². The summed E-state index contributed by atoms with van der Waals surface area (Å²) < 4.78 is 0.916. The van der Waals surface area contributed by atoms with Crippen molar-refractivity contribution < 1.29 is 10.2 Å². The van der Waals surface area contributed by atoms with Gasteiger partial charge in [0.2, 0.25) is 0 Å². The summed E-state index contributed by atoms with van der Waals surface area (Å²) in [6.45, 7) is 3.63. The summed E-state index contributed by atoms with van der Waals surface area (Å²) in [5.41, 5.74) is 0.781. The summed E-state index contributed by atoms with van der Waals surface area (Å²) in [6.07, 6.45) is 0. The molecule has 17 heavy (non-hydrogen) atoms. The highest BCUT2D eigenvalue weighted by Crippen LogP contribution is 2.31. The van der Waals surface area contributed by atoms with Gasteiger partial charge >= 0.3 is 0 Å². The molecule has 0 saturated carbocycles. The second-order valence-corrected chi connectivity index (χ2v) is 5.10. The zero-order valence-corrected chi connectivity index (χ0v) is 11.2.